The molecule has 1 atom stereocenters. The van der Waals surface area contributed by atoms with Crippen molar-refractivity contribution in [2.24, 2.45) is 0 Å². The van der Waals surface area contributed by atoms with Crippen LogP contribution in [0.3, 0.4) is 0 Å². The lowest BCUT2D eigenvalue weighted by Crippen LogP contribution is -2.51. The van der Waals surface area contributed by atoms with E-state index in [0.717, 1.165) is 28.1 Å². The molecule has 0 saturated heterocycles. The Morgan fingerprint density at radius 1 is 1.03 bits per heavy atom. The normalized spacial score (nSPS) is 12.1. The maximum Gasteiger partial charge on any atom is 0.244 e. The van der Waals surface area contributed by atoms with Gasteiger partial charge in [0.2, 0.25) is 21.8 Å². The molecule has 0 spiro atoms. The number of amides is 2. The zero-order valence-electron chi connectivity index (χ0n) is 18.5. The summed E-state index contributed by atoms with van der Waals surface area (Å²) in [5.41, 5.74) is 2.24. The van der Waals surface area contributed by atoms with Gasteiger partial charge in [0.25, 0.3) is 0 Å². The fourth-order valence-corrected chi connectivity index (χ4v) is 3.93. The summed E-state index contributed by atoms with van der Waals surface area (Å²) >= 11 is 0. The summed E-state index contributed by atoms with van der Waals surface area (Å²) in [7, 11) is -3.71. The maximum absolute atomic E-state index is 13.3. The van der Waals surface area contributed by atoms with Crippen LogP contribution in [0.2, 0.25) is 0 Å². The molecule has 2 amide bonds. The van der Waals surface area contributed by atoms with Gasteiger partial charge >= 0.3 is 0 Å². The monoisotopic (exact) mass is 445 g/mol. The number of hydrogen-bond donors (Lipinski definition) is 1. The number of carbonyl (C=O) groups excluding carboxylic acids is 2. The van der Waals surface area contributed by atoms with E-state index in [-0.39, 0.29) is 19.0 Å². The van der Waals surface area contributed by atoms with Crippen LogP contribution in [-0.2, 0) is 26.2 Å². The second-order valence-corrected chi connectivity index (χ2v) is 9.49. The van der Waals surface area contributed by atoms with E-state index in [0.29, 0.717) is 12.2 Å². The molecule has 0 radical (unpaired) electrons. The number of rotatable bonds is 10. The molecule has 0 heterocycles. The van der Waals surface area contributed by atoms with Gasteiger partial charge in [0.05, 0.1) is 11.9 Å². The Morgan fingerprint density at radius 3 is 2.19 bits per heavy atom. The number of nitrogens with zero attached hydrogens (tertiary/aromatic N) is 2. The van der Waals surface area contributed by atoms with Gasteiger partial charge in [0.1, 0.15) is 12.6 Å². The lowest BCUT2D eigenvalue weighted by Gasteiger charge is -2.31. The van der Waals surface area contributed by atoms with Crippen LogP contribution in [-0.4, -0.2) is 50.5 Å². The Balaban J connectivity index is 2.32. The van der Waals surface area contributed by atoms with Crippen LogP contribution in [0.15, 0.2) is 54.6 Å². The van der Waals surface area contributed by atoms with Gasteiger partial charge in [-0.25, -0.2) is 8.42 Å². The molecule has 168 valence electrons. The summed E-state index contributed by atoms with van der Waals surface area (Å²) in [6.07, 6.45) is 1.85. The number of benzene rings is 2. The van der Waals surface area contributed by atoms with E-state index in [9.17, 15) is 18.0 Å². The highest BCUT2D eigenvalue weighted by Crippen LogP contribution is 2.19. The lowest BCUT2D eigenvalue weighted by atomic mass is 10.1. The minimum Gasteiger partial charge on any atom is -0.354 e. The highest BCUT2D eigenvalue weighted by atomic mass is 32.2. The van der Waals surface area contributed by atoms with E-state index in [1.807, 2.05) is 44.2 Å². The Kier molecular flexibility index (Phi) is 8.62. The van der Waals surface area contributed by atoms with E-state index in [2.05, 4.69) is 5.32 Å². The average Bonchev–Trinajstić information content (AvgIpc) is 2.74. The molecule has 8 heteroatoms. The molecule has 2 aromatic rings. The molecule has 31 heavy (non-hydrogen) atoms. The Bertz CT molecular complexity index is 976. The number of nitrogens with one attached hydrogen (secondary N) is 1. The van der Waals surface area contributed by atoms with Crippen molar-refractivity contribution in [2.75, 3.05) is 23.7 Å². The minimum absolute atomic E-state index is 0.200. The van der Waals surface area contributed by atoms with Crippen molar-refractivity contribution in [3.8, 4) is 0 Å². The van der Waals surface area contributed by atoms with Crippen molar-refractivity contribution in [1.29, 1.82) is 0 Å². The Labute approximate surface area is 185 Å². The molecule has 2 rings (SSSR count). The van der Waals surface area contributed by atoms with Crippen molar-refractivity contribution in [1.82, 2.24) is 10.2 Å². The fraction of sp³-hybridized carbons (Fsp3) is 0.391. The molecule has 0 bridgehead atoms. The first-order chi connectivity index (χ1) is 14.6. The molecular weight excluding hydrogens is 414 g/mol. The van der Waals surface area contributed by atoms with Crippen LogP contribution in [0.4, 0.5) is 5.69 Å². The van der Waals surface area contributed by atoms with Crippen molar-refractivity contribution in [3.05, 3.63) is 65.7 Å². The van der Waals surface area contributed by atoms with Gasteiger partial charge in [-0.3, -0.25) is 13.9 Å². The van der Waals surface area contributed by atoms with Gasteiger partial charge in [-0.05, 0) is 38.0 Å². The molecule has 2 aromatic carbocycles. The molecule has 0 aliphatic carbocycles. The number of carbonyl (C=O) groups is 2. The quantitative estimate of drug-likeness (QED) is 0.609. The van der Waals surface area contributed by atoms with Crippen LogP contribution in [0.5, 0.6) is 0 Å². The van der Waals surface area contributed by atoms with Crippen molar-refractivity contribution in [2.45, 2.75) is 39.8 Å². The van der Waals surface area contributed by atoms with Crippen LogP contribution in [0.1, 0.15) is 31.4 Å². The van der Waals surface area contributed by atoms with Gasteiger partial charge in [-0.1, -0.05) is 55.0 Å². The van der Waals surface area contributed by atoms with Gasteiger partial charge in [-0.2, -0.15) is 0 Å². The highest BCUT2D eigenvalue weighted by molar-refractivity contribution is 7.92. The Hall–Kier alpha value is -2.87. The maximum atomic E-state index is 13.3. The van der Waals surface area contributed by atoms with E-state index in [1.54, 1.807) is 31.2 Å². The SMILES string of the molecule is CCCNC(=O)C(C)N(Cc1ccccc1)C(=O)CN(c1ccc(C)cc1)S(C)(=O)=O. The van der Waals surface area contributed by atoms with Crippen molar-refractivity contribution in [3.63, 3.8) is 0 Å². The zero-order chi connectivity index (χ0) is 23.0. The summed E-state index contributed by atoms with van der Waals surface area (Å²) < 4.78 is 26.0. The van der Waals surface area contributed by atoms with Gasteiger partial charge < -0.3 is 10.2 Å². The van der Waals surface area contributed by atoms with Crippen LogP contribution in [0.25, 0.3) is 0 Å². The molecule has 0 aliphatic rings. The van der Waals surface area contributed by atoms with E-state index < -0.39 is 22.0 Å². The second kappa shape index (κ2) is 10.9. The summed E-state index contributed by atoms with van der Waals surface area (Å²) in [6, 6.07) is 15.5. The summed E-state index contributed by atoms with van der Waals surface area (Å²) in [5, 5.41) is 2.81. The topological polar surface area (TPSA) is 86.8 Å². The number of aryl methyl sites for hydroxylation is 1. The van der Waals surface area contributed by atoms with Crippen LogP contribution < -0.4 is 9.62 Å². The van der Waals surface area contributed by atoms with Gasteiger partial charge in [-0.15, -0.1) is 0 Å². The van der Waals surface area contributed by atoms with E-state index in [4.69, 9.17) is 0 Å². The molecule has 0 fully saturated rings. The number of hydrogen-bond acceptors (Lipinski definition) is 4. The first-order valence-electron chi connectivity index (χ1n) is 10.3. The standard InChI is InChI=1S/C23H31N3O4S/c1-5-15-24-23(28)19(3)25(16-20-9-7-6-8-10-20)22(27)17-26(31(4,29)30)21-13-11-18(2)12-14-21/h6-14,19H,5,15-17H2,1-4H3,(H,24,28). The Morgan fingerprint density at radius 2 is 1.65 bits per heavy atom. The second-order valence-electron chi connectivity index (χ2n) is 7.58. The molecule has 7 nitrogen and oxygen atoms in total. The fourth-order valence-electron chi connectivity index (χ4n) is 3.08. The summed E-state index contributed by atoms with van der Waals surface area (Å²) in [4.78, 5) is 27.3. The predicted molar refractivity (Wildman–Crippen MR) is 123 cm³/mol. The molecule has 1 unspecified atom stereocenters. The first-order valence-corrected chi connectivity index (χ1v) is 12.1. The third-order valence-corrected chi connectivity index (χ3v) is 6.05. The first kappa shape index (κ1) is 24.4. The van der Waals surface area contributed by atoms with Gasteiger partial charge in [0.15, 0.2) is 0 Å². The molecule has 0 aromatic heterocycles. The zero-order valence-corrected chi connectivity index (χ0v) is 19.4. The smallest absolute Gasteiger partial charge is 0.244 e. The number of sulfonamides is 1. The third kappa shape index (κ3) is 7.10. The van der Waals surface area contributed by atoms with Crippen molar-refractivity contribution < 1.29 is 18.0 Å². The predicted octanol–water partition coefficient (Wildman–Crippen LogP) is 2.70. The molecule has 0 saturated carbocycles. The minimum atomic E-state index is -3.71. The summed E-state index contributed by atoms with van der Waals surface area (Å²) in [6.45, 7) is 5.82. The molecule has 1 N–H and O–H groups in total. The van der Waals surface area contributed by atoms with Crippen molar-refractivity contribution >= 4 is 27.5 Å². The third-order valence-electron chi connectivity index (χ3n) is 4.91. The highest BCUT2D eigenvalue weighted by Gasteiger charge is 2.29. The largest absolute Gasteiger partial charge is 0.354 e. The number of anilines is 1. The summed E-state index contributed by atoms with van der Waals surface area (Å²) in [5.74, 6) is -0.721. The average molecular weight is 446 g/mol. The molecule has 0 aliphatic heterocycles. The van der Waals surface area contributed by atoms with Gasteiger partial charge in [0, 0.05) is 13.1 Å². The van der Waals surface area contributed by atoms with Crippen LogP contribution in [0, 0.1) is 6.92 Å². The molecular formula is C23H31N3O4S. The van der Waals surface area contributed by atoms with E-state index in [1.165, 1.54) is 4.90 Å². The lowest BCUT2D eigenvalue weighted by molar-refractivity contribution is -0.139. The van der Waals surface area contributed by atoms with E-state index >= 15 is 0 Å². The van der Waals surface area contributed by atoms with Crippen LogP contribution >= 0.6 is 0 Å².